The van der Waals surface area contributed by atoms with Gasteiger partial charge < -0.3 is 15.6 Å². The van der Waals surface area contributed by atoms with E-state index in [1.165, 1.54) is 12.3 Å². The summed E-state index contributed by atoms with van der Waals surface area (Å²) in [5, 5.41) is 0. The molecule has 3 N–H and O–H groups in total. The summed E-state index contributed by atoms with van der Waals surface area (Å²) in [6.45, 7) is 3.31. The van der Waals surface area contributed by atoms with Gasteiger partial charge in [-0.15, -0.1) is 0 Å². The number of hydrogen-bond donors (Lipinski definition) is 2. The maximum atomic E-state index is 12.4. The number of nitrogens with two attached hydrogens (primary N) is 1. The molecular formula is C13H19N3O2. The molecule has 0 aliphatic carbocycles. The van der Waals surface area contributed by atoms with Crippen LogP contribution in [0.2, 0.25) is 0 Å². The summed E-state index contributed by atoms with van der Waals surface area (Å²) in [5.74, 6) is 0.317. The fraction of sp³-hybridized carbons (Fsp3) is 0.538. The lowest BCUT2D eigenvalue weighted by atomic mass is 9.90. The number of amides is 1. The van der Waals surface area contributed by atoms with Gasteiger partial charge in [-0.1, -0.05) is 6.92 Å². The molecule has 5 heteroatoms. The highest BCUT2D eigenvalue weighted by atomic mass is 16.2. The average molecular weight is 249 g/mol. The van der Waals surface area contributed by atoms with Crippen LogP contribution >= 0.6 is 0 Å². The van der Waals surface area contributed by atoms with Gasteiger partial charge >= 0.3 is 0 Å². The SMILES string of the molecule is CC1CCCN(C(=O)c2cc[nH]c(=O)c2)C1CN. The van der Waals surface area contributed by atoms with E-state index in [1.807, 2.05) is 4.90 Å². The molecule has 0 saturated carbocycles. The van der Waals surface area contributed by atoms with Gasteiger partial charge in [0.2, 0.25) is 5.56 Å². The van der Waals surface area contributed by atoms with E-state index in [4.69, 9.17) is 5.73 Å². The molecule has 1 amide bonds. The fourth-order valence-corrected chi connectivity index (χ4v) is 2.60. The van der Waals surface area contributed by atoms with E-state index in [9.17, 15) is 9.59 Å². The van der Waals surface area contributed by atoms with Crippen LogP contribution in [0.15, 0.2) is 23.1 Å². The molecule has 1 aliphatic heterocycles. The molecule has 1 aliphatic rings. The predicted molar refractivity (Wildman–Crippen MR) is 69.3 cm³/mol. The number of aromatic nitrogens is 1. The van der Waals surface area contributed by atoms with E-state index >= 15 is 0 Å². The normalized spacial score (nSPS) is 24.0. The van der Waals surface area contributed by atoms with Crippen LogP contribution in [-0.4, -0.2) is 34.9 Å². The van der Waals surface area contributed by atoms with Crippen molar-refractivity contribution in [1.82, 2.24) is 9.88 Å². The zero-order valence-corrected chi connectivity index (χ0v) is 10.6. The number of carbonyl (C=O) groups is 1. The van der Waals surface area contributed by atoms with Gasteiger partial charge in [0.1, 0.15) is 0 Å². The molecule has 98 valence electrons. The highest BCUT2D eigenvalue weighted by molar-refractivity contribution is 5.94. The summed E-state index contributed by atoms with van der Waals surface area (Å²) in [6.07, 6.45) is 3.59. The van der Waals surface area contributed by atoms with Crippen LogP contribution in [0.5, 0.6) is 0 Å². The first-order valence-electron chi connectivity index (χ1n) is 6.33. The van der Waals surface area contributed by atoms with Gasteiger partial charge in [-0.05, 0) is 24.8 Å². The Bertz CT molecular complexity index is 483. The van der Waals surface area contributed by atoms with E-state index < -0.39 is 0 Å². The smallest absolute Gasteiger partial charge is 0.254 e. The van der Waals surface area contributed by atoms with Crippen LogP contribution in [-0.2, 0) is 0 Å². The summed E-state index contributed by atoms with van der Waals surface area (Å²) < 4.78 is 0. The van der Waals surface area contributed by atoms with E-state index in [0.29, 0.717) is 18.0 Å². The molecule has 18 heavy (non-hydrogen) atoms. The van der Waals surface area contributed by atoms with Gasteiger partial charge in [-0.3, -0.25) is 9.59 Å². The number of piperidine rings is 1. The maximum Gasteiger partial charge on any atom is 0.254 e. The molecule has 1 aromatic rings. The third-order valence-corrected chi connectivity index (χ3v) is 3.64. The average Bonchev–Trinajstić information content (AvgIpc) is 2.37. The number of nitrogens with zero attached hydrogens (tertiary/aromatic N) is 1. The Morgan fingerprint density at radius 2 is 2.39 bits per heavy atom. The highest BCUT2D eigenvalue weighted by Gasteiger charge is 2.31. The Labute approximate surface area is 106 Å². The van der Waals surface area contributed by atoms with Crippen molar-refractivity contribution in [3.05, 3.63) is 34.2 Å². The molecule has 2 heterocycles. The summed E-state index contributed by atoms with van der Waals surface area (Å²) in [4.78, 5) is 27.9. The minimum atomic E-state index is -0.254. The van der Waals surface area contributed by atoms with Crippen molar-refractivity contribution in [2.45, 2.75) is 25.8 Å². The standard InChI is InChI=1S/C13H19N3O2/c1-9-3-2-6-16(11(9)8-14)13(18)10-4-5-15-12(17)7-10/h4-5,7,9,11H,2-3,6,8,14H2,1H3,(H,15,17). The molecule has 0 bridgehead atoms. The number of nitrogens with one attached hydrogen (secondary N) is 1. The van der Waals surface area contributed by atoms with Crippen molar-refractivity contribution in [2.24, 2.45) is 11.7 Å². The molecule has 5 nitrogen and oxygen atoms in total. The lowest BCUT2D eigenvalue weighted by molar-refractivity contribution is 0.0532. The van der Waals surface area contributed by atoms with Gasteiger partial charge in [0, 0.05) is 37.0 Å². The van der Waals surface area contributed by atoms with Crippen molar-refractivity contribution in [3.8, 4) is 0 Å². The Kier molecular flexibility index (Phi) is 3.81. The molecule has 1 fully saturated rings. The van der Waals surface area contributed by atoms with E-state index in [1.54, 1.807) is 6.07 Å². The number of hydrogen-bond acceptors (Lipinski definition) is 3. The molecular weight excluding hydrogens is 230 g/mol. The van der Waals surface area contributed by atoms with Crippen molar-refractivity contribution in [2.75, 3.05) is 13.1 Å². The first-order chi connectivity index (χ1) is 8.63. The molecule has 2 atom stereocenters. The predicted octanol–water partition coefficient (Wildman–Crippen LogP) is 0.574. The topological polar surface area (TPSA) is 79.2 Å². The third kappa shape index (κ3) is 2.46. The number of H-pyrrole nitrogens is 1. The fourth-order valence-electron chi connectivity index (χ4n) is 2.60. The van der Waals surface area contributed by atoms with Gasteiger partial charge in [0.15, 0.2) is 0 Å². The van der Waals surface area contributed by atoms with Crippen LogP contribution in [0.1, 0.15) is 30.1 Å². The molecule has 0 aromatic carbocycles. The Balaban J connectivity index is 2.24. The largest absolute Gasteiger partial charge is 0.334 e. The van der Waals surface area contributed by atoms with Crippen LogP contribution in [0.3, 0.4) is 0 Å². The van der Waals surface area contributed by atoms with Crippen LogP contribution < -0.4 is 11.3 Å². The summed E-state index contributed by atoms with van der Waals surface area (Å²) in [7, 11) is 0. The van der Waals surface area contributed by atoms with Crippen molar-refractivity contribution in [3.63, 3.8) is 0 Å². The minimum absolute atomic E-state index is 0.0746. The summed E-state index contributed by atoms with van der Waals surface area (Å²) in [5.41, 5.74) is 5.95. The second-order valence-corrected chi connectivity index (χ2v) is 4.86. The summed E-state index contributed by atoms with van der Waals surface area (Å²) >= 11 is 0. The highest BCUT2D eigenvalue weighted by Crippen LogP contribution is 2.23. The molecule has 1 saturated heterocycles. The van der Waals surface area contributed by atoms with Crippen molar-refractivity contribution >= 4 is 5.91 Å². The maximum absolute atomic E-state index is 12.4. The Morgan fingerprint density at radius 1 is 1.61 bits per heavy atom. The minimum Gasteiger partial charge on any atom is -0.334 e. The quantitative estimate of drug-likeness (QED) is 0.804. The molecule has 2 rings (SSSR count). The van der Waals surface area contributed by atoms with E-state index in [2.05, 4.69) is 11.9 Å². The first kappa shape index (κ1) is 12.8. The molecule has 2 unspecified atom stereocenters. The monoisotopic (exact) mass is 249 g/mol. The number of rotatable bonds is 2. The summed E-state index contributed by atoms with van der Waals surface area (Å²) in [6, 6.07) is 3.05. The van der Waals surface area contributed by atoms with E-state index in [0.717, 1.165) is 19.4 Å². The third-order valence-electron chi connectivity index (χ3n) is 3.64. The van der Waals surface area contributed by atoms with Gasteiger partial charge in [-0.25, -0.2) is 0 Å². The molecule has 1 aromatic heterocycles. The van der Waals surface area contributed by atoms with Crippen molar-refractivity contribution < 1.29 is 4.79 Å². The van der Waals surface area contributed by atoms with Crippen LogP contribution in [0, 0.1) is 5.92 Å². The van der Waals surface area contributed by atoms with Crippen LogP contribution in [0.25, 0.3) is 0 Å². The van der Waals surface area contributed by atoms with Gasteiger partial charge in [0.25, 0.3) is 5.91 Å². The van der Waals surface area contributed by atoms with Crippen LogP contribution in [0.4, 0.5) is 0 Å². The molecule has 0 radical (unpaired) electrons. The first-order valence-corrected chi connectivity index (χ1v) is 6.33. The van der Waals surface area contributed by atoms with Gasteiger partial charge in [0.05, 0.1) is 0 Å². The molecule has 0 spiro atoms. The number of aromatic amines is 1. The zero-order valence-electron chi connectivity index (χ0n) is 10.6. The van der Waals surface area contributed by atoms with E-state index in [-0.39, 0.29) is 17.5 Å². The number of carbonyl (C=O) groups excluding carboxylic acids is 1. The number of likely N-dealkylation sites (tertiary alicyclic amines) is 1. The van der Waals surface area contributed by atoms with Crippen molar-refractivity contribution in [1.29, 1.82) is 0 Å². The zero-order chi connectivity index (χ0) is 13.1. The Hall–Kier alpha value is -1.62. The second kappa shape index (κ2) is 5.35. The lowest BCUT2D eigenvalue weighted by Crippen LogP contribution is -2.51. The second-order valence-electron chi connectivity index (χ2n) is 4.86. The lowest BCUT2D eigenvalue weighted by Gasteiger charge is -2.39. The Morgan fingerprint density at radius 3 is 3.06 bits per heavy atom. The van der Waals surface area contributed by atoms with Gasteiger partial charge in [-0.2, -0.15) is 0 Å². The number of pyridine rings is 1.